The Labute approximate surface area is 194 Å². The second kappa shape index (κ2) is 9.77. The number of aliphatic imine (C=N–C) groups is 2. The van der Waals surface area contributed by atoms with Gasteiger partial charge in [-0.25, -0.2) is 9.79 Å². The van der Waals surface area contributed by atoms with Crippen molar-refractivity contribution < 1.29 is 9.53 Å². The van der Waals surface area contributed by atoms with Crippen molar-refractivity contribution in [3.05, 3.63) is 59.7 Å². The minimum absolute atomic E-state index is 0.116. The normalized spacial score (nSPS) is 17.2. The quantitative estimate of drug-likeness (QED) is 0.666. The first-order chi connectivity index (χ1) is 15.5. The Kier molecular flexibility index (Phi) is 6.84. The summed E-state index contributed by atoms with van der Waals surface area (Å²) in [6.07, 6.45) is 2.53. The number of hydrogen-bond acceptors (Lipinski definition) is 5. The lowest BCUT2D eigenvalue weighted by atomic mass is 9.98. The van der Waals surface area contributed by atoms with Gasteiger partial charge in [0.2, 0.25) is 0 Å². The van der Waals surface area contributed by atoms with Crippen LogP contribution in [0.2, 0.25) is 0 Å². The number of likely N-dealkylation sites (tertiary alicyclic amines) is 1. The average Bonchev–Trinajstić information content (AvgIpc) is 3.16. The molecular weight excluding hydrogens is 420 g/mol. The number of piperidine rings is 1. The first-order valence-electron chi connectivity index (χ1n) is 11.1. The van der Waals surface area contributed by atoms with E-state index >= 15 is 0 Å². The molecule has 2 aliphatic rings. The molecule has 2 aromatic rings. The van der Waals surface area contributed by atoms with Crippen LogP contribution in [0.5, 0.6) is 5.75 Å². The summed E-state index contributed by atoms with van der Waals surface area (Å²) in [7, 11) is 1.60. The van der Waals surface area contributed by atoms with Crippen molar-refractivity contribution in [2.24, 2.45) is 9.98 Å². The summed E-state index contributed by atoms with van der Waals surface area (Å²) in [6, 6.07) is 15.8. The molecule has 2 amide bonds. The first-order valence-corrected chi connectivity index (χ1v) is 12.1. The molecule has 2 heterocycles. The van der Waals surface area contributed by atoms with Crippen LogP contribution in [-0.2, 0) is 0 Å². The van der Waals surface area contributed by atoms with Crippen molar-refractivity contribution in [2.45, 2.75) is 38.8 Å². The number of aryl methyl sites for hydroxylation is 1. The summed E-state index contributed by atoms with van der Waals surface area (Å²) < 4.78 is 5.34. The van der Waals surface area contributed by atoms with E-state index in [1.165, 1.54) is 5.56 Å². The maximum atomic E-state index is 12.8. The number of nitrogens with zero attached hydrogens (tertiary/aromatic N) is 3. The summed E-state index contributed by atoms with van der Waals surface area (Å²) in [5.41, 5.74) is 3.56. The van der Waals surface area contributed by atoms with Gasteiger partial charge in [0.25, 0.3) is 0 Å². The van der Waals surface area contributed by atoms with Crippen molar-refractivity contribution in [1.29, 1.82) is 0 Å². The van der Waals surface area contributed by atoms with Crippen molar-refractivity contribution >= 4 is 34.2 Å². The molecule has 1 N–H and O–H groups in total. The summed E-state index contributed by atoms with van der Waals surface area (Å²) in [4.78, 5) is 24.9. The van der Waals surface area contributed by atoms with Crippen LogP contribution in [0.25, 0.3) is 0 Å². The van der Waals surface area contributed by atoms with Gasteiger partial charge in [-0.1, -0.05) is 48.9 Å². The Balaban J connectivity index is 1.48. The molecule has 6 nitrogen and oxygen atoms in total. The number of carbonyl (C=O) groups is 1. The number of thioether (sulfide) groups is 1. The predicted octanol–water partition coefficient (Wildman–Crippen LogP) is 5.37. The summed E-state index contributed by atoms with van der Waals surface area (Å²) in [5.74, 6) is 1.67. The van der Waals surface area contributed by atoms with Gasteiger partial charge in [0.15, 0.2) is 5.66 Å². The maximum Gasteiger partial charge on any atom is 0.321 e. The summed E-state index contributed by atoms with van der Waals surface area (Å²) in [5, 5.41) is 4.00. The molecule has 0 atom stereocenters. The molecule has 0 aliphatic carbocycles. The molecule has 7 heteroatoms. The molecule has 4 rings (SSSR count). The topological polar surface area (TPSA) is 66.3 Å². The highest BCUT2D eigenvalue weighted by Crippen LogP contribution is 2.36. The minimum atomic E-state index is -0.461. The largest absolute Gasteiger partial charge is 0.495 e. The van der Waals surface area contributed by atoms with E-state index in [4.69, 9.17) is 14.7 Å². The molecule has 2 aliphatic heterocycles. The lowest BCUT2D eigenvalue weighted by Crippen LogP contribution is -2.46. The number of urea groups is 1. The third-order valence-corrected chi connectivity index (χ3v) is 6.97. The van der Waals surface area contributed by atoms with E-state index in [-0.39, 0.29) is 6.03 Å². The van der Waals surface area contributed by atoms with Gasteiger partial charge in [0.1, 0.15) is 10.8 Å². The fourth-order valence-electron chi connectivity index (χ4n) is 3.96. The number of ether oxygens (including phenoxy) is 1. The highest BCUT2D eigenvalue weighted by molar-refractivity contribution is 8.15. The zero-order valence-electron chi connectivity index (χ0n) is 18.9. The van der Waals surface area contributed by atoms with Crippen molar-refractivity contribution in [3.8, 4) is 5.75 Å². The Morgan fingerprint density at radius 3 is 2.53 bits per heavy atom. The van der Waals surface area contributed by atoms with Gasteiger partial charge < -0.3 is 15.0 Å². The number of methoxy groups -OCH3 is 1. The van der Waals surface area contributed by atoms with Gasteiger partial charge in [-0.15, -0.1) is 11.8 Å². The summed E-state index contributed by atoms with van der Waals surface area (Å²) >= 11 is 1.78. The molecule has 1 saturated heterocycles. The standard InChI is InChI=1S/C25H30N4O2S/c1-4-17-32-23-22(19-11-9-18(2)10-12-19)27-25(28-23)13-15-29(16-14-25)24(30)26-20-7-5-6-8-21(20)31-3/h5-12H,4,13-17H2,1-3H3,(H,26,30). The molecule has 0 unspecified atom stereocenters. The van der Waals surface area contributed by atoms with Crippen molar-refractivity contribution in [1.82, 2.24) is 4.90 Å². The van der Waals surface area contributed by atoms with E-state index < -0.39 is 5.66 Å². The van der Waals surface area contributed by atoms with Crippen LogP contribution < -0.4 is 10.1 Å². The van der Waals surface area contributed by atoms with Gasteiger partial charge in [-0.2, -0.15) is 0 Å². The molecule has 0 aromatic heterocycles. The fourth-order valence-corrected chi connectivity index (χ4v) is 4.89. The number of carbonyl (C=O) groups excluding carboxylic acids is 1. The number of hydrogen-bond donors (Lipinski definition) is 1. The van der Waals surface area contributed by atoms with E-state index in [0.29, 0.717) is 24.5 Å². The molecule has 32 heavy (non-hydrogen) atoms. The number of nitrogens with one attached hydrogen (secondary N) is 1. The molecule has 168 valence electrons. The molecule has 2 aromatic carbocycles. The SMILES string of the molecule is CCCSC1=NC2(CCN(C(=O)Nc3ccccc3OC)CC2)N=C1c1ccc(C)cc1. The monoisotopic (exact) mass is 450 g/mol. The Morgan fingerprint density at radius 1 is 1.12 bits per heavy atom. The van der Waals surface area contributed by atoms with Crippen LogP contribution in [0.15, 0.2) is 58.5 Å². The van der Waals surface area contributed by atoms with Gasteiger partial charge in [-0.3, -0.25) is 4.99 Å². The van der Waals surface area contributed by atoms with Crippen LogP contribution in [0.4, 0.5) is 10.5 Å². The number of benzene rings is 2. The maximum absolute atomic E-state index is 12.8. The van der Waals surface area contributed by atoms with Crippen LogP contribution in [0.1, 0.15) is 37.3 Å². The zero-order valence-corrected chi connectivity index (χ0v) is 19.7. The van der Waals surface area contributed by atoms with Gasteiger partial charge >= 0.3 is 6.03 Å². The Morgan fingerprint density at radius 2 is 1.84 bits per heavy atom. The second-order valence-electron chi connectivity index (χ2n) is 8.19. The third-order valence-electron chi connectivity index (χ3n) is 5.80. The molecule has 0 radical (unpaired) electrons. The van der Waals surface area contributed by atoms with Crippen LogP contribution in [-0.4, -0.2) is 53.3 Å². The Hall–Kier alpha value is -2.80. The van der Waals surface area contributed by atoms with E-state index in [0.717, 1.165) is 41.3 Å². The predicted molar refractivity (Wildman–Crippen MR) is 133 cm³/mol. The van der Waals surface area contributed by atoms with Crippen LogP contribution in [0, 0.1) is 6.92 Å². The highest BCUT2D eigenvalue weighted by Gasteiger charge is 2.40. The Bertz CT molecular complexity index is 1020. The molecular formula is C25H30N4O2S. The molecule has 1 spiro atoms. The number of amides is 2. The zero-order chi connectivity index (χ0) is 22.6. The van der Waals surface area contributed by atoms with Gasteiger partial charge in [0.05, 0.1) is 18.5 Å². The van der Waals surface area contributed by atoms with Gasteiger partial charge in [0, 0.05) is 31.5 Å². The van der Waals surface area contributed by atoms with Crippen molar-refractivity contribution in [3.63, 3.8) is 0 Å². The molecule has 0 saturated carbocycles. The highest BCUT2D eigenvalue weighted by atomic mass is 32.2. The lowest BCUT2D eigenvalue weighted by Gasteiger charge is -2.35. The first kappa shape index (κ1) is 22.4. The average molecular weight is 451 g/mol. The number of para-hydroxylation sites is 2. The fraction of sp³-hybridized carbons (Fsp3) is 0.400. The third kappa shape index (κ3) is 4.83. The van der Waals surface area contributed by atoms with Crippen molar-refractivity contribution in [2.75, 3.05) is 31.3 Å². The second-order valence-corrected chi connectivity index (χ2v) is 9.28. The smallest absolute Gasteiger partial charge is 0.321 e. The lowest BCUT2D eigenvalue weighted by molar-refractivity contribution is 0.175. The van der Waals surface area contributed by atoms with Crippen LogP contribution >= 0.6 is 11.8 Å². The number of anilines is 1. The number of rotatable bonds is 5. The van der Waals surface area contributed by atoms with Crippen LogP contribution in [0.3, 0.4) is 0 Å². The van der Waals surface area contributed by atoms with E-state index in [9.17, 15) is 4.79 Å². The molecule has 0 bridgehead atoms. The summed E-state index contributed by atoms with van der Waals surface area (Å²) in [6.45, 7) is 5.50. The van der Waals surface area contributed by atoms with Gasteiger partial charge in [-0.05, 0) is 31.2 Å². The minimum Gasteiger partial charge on any atom is -0.495 e. The van der Waals surface area contributed by atoms with E-state index in [1.54, 1.807) is 18.9 Å². The van der Waals surface area contributed by atoms with E-state index in [1.807, 2.05) is 29.2 Å². The van der Waals surface area contributed by atoms with E-state index in [2.05, 4.69) is 43.4 Å². The molecule has 1 fully saturated rings.